The van der Waals surface area contributed by atoms with Crippen LogP contribution in [0.5, 0.6) is 0 Å². The van der Waals surface area contributed by atoms with Gasteiger partial charge in [-0.2, -0.15) is 0 Å². The molecule has 4 heteroatoms. The van der Waals surface area contributed by atoms with Crippen molar-refractivity contribution in [1.82, 2.24) is 0 Å². The summed E-state index contributed by atoms with van der Waals surface area (Å²) in [5, 5.41) is 0. The summed E-state index contributed by atoms with van der Waals surface area (Å²) in [6.45, 7) is 1.72. The van der Waals surface area contributed by atoms with Gasteiger partial charge in [-0.25, -0.2) is 8.78 Å². The molecule has 0 aliphatic carbocycles. The van der Waals surface area contributed by atoms with E-state index in [0.29, 0.717) is 16.8 Å². The van der Waals surface area contributed by atoms with Gasteiger partial charge in [-0.3, -0.25) is 4.79 Å². The second-order valence-corrected chi connectivity index (χ2v) is 4.06. The average Bonchev–Trinajstić information content (AvgIpc) is 2.26. The zero-order valence-corrected chi connectivity index (χ0v) is 9.71. The second-order valence-electron chi connectivity index (χ2n) is 4.06. The number of carbonyl (C=O) groups is 1. The first-order valence-corrected chi connectivity index (χ1v) is 5.34. The Labute approximate surface area is 103 Å². The molecule has 0 aromatic heterocycles. The second kappa shape index (κ2) is 4.56. The molecule has 2 N–H and O–H groups in total. The summed E-state index contributed by atoms with van der Waals surface area (Å²) in [5.41, 5.74) is 7.16. The van der Waals surface area contributed by atoms with Crippen LogP contribution >= 0.6 is 0 Å². The number of nitrogens with two attached hydrogens (primary N) is 1. The van der Waals surface area contributed by atoms with E-state index >= 15 is 0 Å². The highest BCUT2D eigenvalue weighted by Gasteiger charge is 2.13. The maximum atomic E-state index is 13.1. The van der Waals surface area contributed by atoms with E-state index in [1.54, 1.807) is 25.1 Å². The van der Waals surface area contributed by atoms with Gasteiger partial charge in [-0.05, 0) is 42.8 Å². The minimum Gasteiger partial charge on any atom is -0.399 e. The van der Waals surface area contributed by atoms with E-state index in [4.69, 9.17) is 5.73 Å². The van der Waals surface area contributed by atoms with E-state index in [2.05, 4.69) is 0 Å². The molecule has 2 nitrogen and oxygen atoms in total. The van der Waals surface area contributed by atoms with Crippen molar-refractivity contribution in [3.63, 3.8) is 0 Å². The first-order valence-electron chi connectivity index (χ1n) is 5.34. The van der Waals surface area contributed by atoms with Crippen LogP contribution in [0.3, 0.4) is 0 Å². The number of hydrogen-bond donors (Lipinski definition) is 1. The number of carbonyl (C=O) groups excluding carboxylic acids is 1. The fourth-order valence-electron chi connectivity index (χ4n) is 1.78. The largest absolute Gasteiger partial charge is 0.399 e. The molecule has 0 bridgehead atoms. The third-order valence-electron chi connectivity index (χ3n) is 2.62. The number of hydrogen-bond acceptors (Lipinski definition) is 2. The lowest BCUT2D eigenvalue weighted by atomic mass is 9.98. The van der Waals surface area contributed by atoms with Crippen LogP contribution in [0.4, 0.5) is 14.5 Å². The molecule has 0 saturated carbocycles. The monoisotopic (exact) mass is 247 g/mol. The van der Waals surface area contributed by atoms with E-state index in [1.165, 1.54) is 0 Å². The van der Waals surface area contributed by atoms with Crippen molar-refractivity contribution in [2.45, 2.75) is 6.92 Å². The molecule has 0 saturated heterocycles. The summed E-state index contributed by atoms with van der Waals surface area (Å²) in [4.78, 5) is 12.1. The normalized spacial score (nSPS) is 10.4. The van der Waals surface area contributed by atoms with Crippen LogP contribution in [0.15, 0.2) is 36.4 Å². The standard InChI is InChI=1S/C14H11F2NO/c1-8-4-12(17)2-3-13(8)14(18)9-5-10(15)7-11(16)6-9/h2-7H,17H2,1H3. The van der Waals surface area contributed by atoms with Crippen molar-refractivity contribution in [1.29, 1.82) is 0 Å². The summed E-state index contributed by atoms with van der Waals surface area (Å²) in [5.74, 6) is -1.97. The number of aryl methyl sites for hydroxylation is 1. The molecule has 0 spiro atoms. The Morgan fingerprint density at radius 3 is 2.22 bits per heavy atom. The molecule has 2 aromatic rings. The molecule has 0 radical (unpaired) electrons. The third-order valence-corrected chi connectivity index (χ3v) is 2.62. The molecule has 0 amide bonds. The quantitative estimate of drug-likeness (QED) is 0.654. The molecular formula is C14H11F2NO. The molecule has 0 atom stereocenters. The molecule has 0 unspecified atom stereocenters. The minimum absolute atomic E-state index is 0.0135. The summed E-state index contributed by atoms with van der Waals surface area (Å²) < 4.78 is 26.1. The SMILES string of the molecule is Cc1cc(N)ccc1C(=O)c1cc(F)cc(F)c1. The van der Waals surface area contributed by atoms with E-state index in [-0.39, 0.29) is 5.56 Å². The first kappa shape index (κ1) is 12.2. The van der Waals surface area contributed by atoms with E-state index < -0.39 is 17.4 Å². The van der Waals surface area contributed by atoms with Crippen LogP contribution in [0.2, 0.25) is 0 Å². The zero-order chi connectivity index (χ0) is 13.3. The van der Waals surface area contributed by atoms with E-state index in [9.17, 15) is 13.6 Å². The maximum Gasteiger partial charge on any atom is 0.193 e. The van der Waals surface area contributed by atoms with Crippen LogP contribution in [-0.2, 0) is 0 Å². The molecule has 18 heavy (non-hydrogen) atoms. The minimum atomic E-state index is -0.772. The molecule has 0 fully saturated rings. The Morgan fingerprint density at radius 2 is 1.67 bits per heavy atom. The van der Waals surface area contributed by atoms with Gasteiger partial charge >= 0.3 is 0 Å². The van der Waals surface area contributed by atoms with E-state index in [0.717, 1.165) is 18.2 Å². The Balaban J connectivity index is 2.47. The molecule has 0 aliphatic rings. The van der Waals surface area contributed by atoms with Crippen LogP contribution in [-0.4, -0.2) is 5.78 Å². The molecular weight excluding hydrogens is 236 g/mol. The molecule has 0 heterocycles. The molecule has 0 aliphatic heterocycles. The fourth-order valence-corrected chi connectivity index (χ4v) is 1.78. The predicted octanol–water partition coefficient (Wildman–Crippen LogP) is 3.09. The third kappa shape index (κ3) is 2.37. The first-order chi connectivity index (χ1) is 8.47. The van der Waals surface area contributed by atoms with Crippen molar-refractivity contribution in [3.05, 3.63) is 64.7 Å². The van der Waals surface area contributed by atoms with Crippen LogP contribution < -0.4 is 5.73 Å². The van der Waals surface area contributed by atoms with Crippen molar-refractivity contribution in [3.8, 4) is 0 Å². The number of anilines is 1. The van der Waals surface area contributed by atoms with Crippen molar-refractivity contribution < 1.29 is 13.6 Å². The summed E-state index contributed by atoms with van der Waals surface area (Å²) in [7, 11) is 0. The fraction of sp³-hybridized carbons (Fsp3) is 0.0714. The van der Waals surface area contributed by atoms with Gasteiger partial charge < -0.3 is 5.73 Å². The molecule has 92 valence electrons. The Bertz CT molecular complexity index is 603. The van der Waals surface area contributed by atoms with Crippen LogP contribution in [0.25, 0.3) is 0 Å². The van der Waals surface area contributed by atoms with Gasteiger partial charge in [0.05, 0.1) is 0 Å². The average molecular weight is 247 g/mol. The maximum absolute atomic E-state index is 13.1. The van der Waals surface area contributed by atoms with E-state index in [1.807, 2.05) is 0 Å². The smallest absolute Gasteiger partial charge is 0.193 e. The number of halogens is 2. The summed E-state index contributed by atoms with van der Waals surface area (Å²) in [6, 6.07) is 7.53. The summed E-state index contributed by atoms with van der Waals surface area (Å²) >= 11 is 0. The summed E-state index contributed by atoms with van der Waals surface area (Å²) in [6.07, 6.45) is 0. The van der Waals surface area contributed by atoms with Gasteiger partial charge in [0.1, 0.15) is 11.6 Å². The van der Waals surface area contributed by atoms with Crippen molar-refractivity contribution >= 4 is 11.5 Å². The van der Waals surface area contributed by atoms with Gasteiger partial charge in [0.15, 0.2) is 5.78 Å². The Hall–Kier alpha value is -2.23. The predicted molar refractivity (Wildman–Crippen MR) is 65.4 cm³/mol. The lowest BCUT2D eigenvalue weighted by Gasteiger charge is -2.06. The number of ketones is 1. The van der Waals surface area contributed by atoms with Crippen LogP contribution in [0, 0.1) is 18.6 Å². The van der Waals surface area contributed by atoms with Gasteiger partial charge in [0.25, 0.3) is 0 Å². The van der Waals surface area contributed by atoms with Gasteiger partial charge in [-0.15, -0.1) is 0 Å². The van der Waals surface area contributed by atoms with Crippen LogP contribution in [0.1, 0.15) is 21.5 Å². The number of benzene rings is 2. The van der Waals surface area contributed by atoms with Crippen molar-refractivity contribution in [2.75, 3.05) is 5.73 Å². The van der Waals surface area contributed by atoms with Gasteiger partial charge in [0, 0.05) is 22.9 Å². The molecule has 2 aromatic carbocycles. The van der Waals surface area contributed by atoms with Crippen molar-refractivity contribution in [2.24, 2.45) is 0 Å². The number of nitrogen functional groups attached to an aromatic ring is 1. The number of rotatable bonds is 2. The zero-order valence-electron chi connectivity index (χ0n) is 9.71. The highest BCUT2D eigenvalue weighted by Crippen LogP contribution is 2.18. The highest BCUT2D eigenvalue weighted by atomic mass is 19.1. The lowest BCUT2D eigenvalue weighted by Crippen LogP contribution is -2.05. The molecule has 2 rings (SSSR count). The lowest BCUT2D eigenvalue weighted by molar-refractivity contribution is 0.103. The van der Waals surface area contributed by atoms with Gasteiger partial charge in [-0.1, -0.05) is 0 Å². The van der Waals surface area contributed by atoms with Gasteiger partial charge in [0.2, 0.25) is 0 Å². The Morgan fingerprint density at radius 1 is 1.06 bits per heavy atom. The topological polar surface area (TPSA) is 43.1 Å². The highest BCUT2D eigenvalue weighted by molar-refractivity contribution is 6.10. The Kier molecular flexibility index (Phi) is 3.10.